The molecule has 1 heterocycles. The summed E-state index contributed by atoms with van der Waals surface area (Å²) in [5.41, 5.74) is 2.36. The highest BCUT2D eigenvalue weighted by Gasteiger charge is 2.20. The molecule has 1 aromatic carbocycles. The Bertz CT molecular complexity index is 595. The molecule has 2 aromatic rings. The summed E-state index contributed by atoms with van der Waals surface area (Å²) in [6.45, 7) is 1.72. The molecule has 0 amide bonds. The smallest absolute Gasteiger partial charge is 0.185 e. The lowest BCUT2D eigenvalue weighted by Crippen LogP contribution is -2.17. The molecule has 1 aliphatic carbocycles. The number of hydrogen-bond acceptors (Lipinski definition) is 5. The van der Waals surface area contributed by atoms with Gasteiger partial charge >= 0.3 is 0 Å². The number of anilines is 1. The molecule has 4 nitrogen and oxygen atoms in total. The zero-order valence-electron chi connectivity index (χ0n) is 12.5. The van der Waals surface area contributed by atoms with Crippen LogP contribution in [0.25, 0.3) is 0 Å². The Hall–Kier alpha value is -1.59. The Morgan fingerprint density at radius 3 is 3.05 bits per heavy atom. The van der Waals surface area contributed by atoms with Crippen molar-refractivity contribution in [2.24, 2.45) is 0 Å². The van der Waals surface area contributed by atoms with Gasteiger partial charge in [0.05, 0.1) is 12.8 Å². The van der Waals surface area contributed by atoms with Gasteiger partial charge in [-0.1, -0.05) is 12.1 Å². The van der Waals surface area contributed by atoms with Crippen LogP contribution in [-0.2, 0) is 13.1 Å². The molecular weight excluding hydrogens is 282 g/mol. The van der Waals surface area contributed by atoms with E-state index in [2.05, 4.69) is 34.8 Å². The van der Waals surface area contributed by atoms with Crippen LogP contribution in [0.4, 0.5) is 5.13 Å². The lowest BCUT2D eigenvalue weighted by Gasteiger charge is -2.16. The van der Waals surface area contributed by atoms with Crippen LogP contribution in [0.5, 0.6) is 5.75 Å². The van der Waals surface area contributed by atoms with E-state index >= 15 is 0 Å². The summed E-state index contributed by atoms with van der Waals surface area (Å²) in [6.07, 6.45) is 2.62. The number of ether oxygens (including phenoxy) is 1. The second-order valence-electron chi connectivity index (χ2n) is 5.48. The van der Waals surface area contributed by atoms with Crippen molar-refractivity contribution in [1.29, 1.82) is 0 Å². The van der Waals surface area contributed by atoms with Crippen LogP contribution < -0.4 is 15.0 Å². The predicted octanol–water partition coefficient (Wildman–Crippen LogP) is 3.04. The van der Waals surface area contributed by atoms with Crippen molar-refractivity contribution in [3.63, 3.8) is 0 Å². The maximum atomic E-state index is 5.27. The number of nitrogens with one attached hydrogen (secondary N) is 1. The highest BCUT2D eigenvalue weighted by molar-refractivity contribution is 7.13. The molecule has 1 N–H and O–H groups in total. The van der Waals surface area contributed by atoms with Crippen molar-refractivity contribution in [1.82, 2.24) is 10.3 Å². The average molecular weight is 303 g/mol. The average Bonchev–Trinajstić information content (AvgIpc) is 3.21. The molecule has 3 rings (SSSR count). The first-order valence-electron chi connectivity index (χ1n) is 7.26. The van der Waals surface area contributed by atoms with E-state index < -0.39 is 0 Å². The Kier molecular flexibility index (Phi) is 4.41. The lowest BCUT2D eigenvalue weighted by molar-refractivity contribution is 0.414. The quantitative estimate of drug-likeness (QED) is 0.853. The summed E-state index contributed by atoms with van der Waals surface area (Å²) in [6, 6.07) is 8.90. The van der Waals surface area contributed by atoms with Crippen LogP contribution >= 0.6 is 11.3 Å². The summed E-state index contributed by atoms with van der Waals surface area (Å²) in [4.78, 5) is 6.88. The molecule has 1 fully saturated rings. The van der Waals surface area contributed by atoms with E-state index in [1.807, 2.05) is 12.1 Å². The molecular formula is C16H21N3OS. The Balaban J connectivity index is 1.59. The van der Waals surface area contributed by atoms with Crippen LogP contribution in [0.15, 0.2) is 29.6 Å². The molecule has 0 saturated heterocycles. The first-order valence-corrected chi connectivity index (χ1v) is 8.14. The van der Waals surface area contributed by atoms with Crippen LogP contribution in [-0.4, -0.2) is 25.2 Å². The van der Waals surface area contributed by atoms with Gasteiger partial charge in [0.25, 0.3) is 0 Å². The summed E-state index contributed by atoms with van der Waals surface area (Å²) < 4.78 is 5.27. The Morgan fingerprint density at radius 1 is 1.43 bits per heavy atom. The molecule has 1 saturated carbocycles. The molecule has 5 heteroatoms. The number of thiazole rings is 1. The van der Waals surface area contributed by atoms with E-state index in [1.54, 1.807) is 18.4 Å². The van der Waals surface area contributed by atoms with Gasteiger partial charge in [-0.2, -0.15) is 0 Å². The number of nitrogens with zero attached hydrogens (tertiary/aromatic N) is 2. The van der Waals surface area contributed by atoms with Crippen LogP contribution in [0.2, 0.25) is 0 Å². The Morgan fingerprint density at radius 2 is 2.29 bits per heavy atom. The number of benzene rings is 1. The van der Waals surface area contributed by atoms with Gasteiger partial charge in [-0.3, -0.25) is 0 Å². The van der Waals surface area contributed by atoms with Crippen LogP contribution in [0.3, 0.4) is 0 Å². The summed E-state index contributed by atoms with van der Waals surface area (Å²) >= 11 is 1.70. The van der Waals surface area contributed by atoms with E-state index in [4.69, 9.17) is 9.72 Å². The molecule has 1 aliphatic rings. The summed E-state index contributed by atoms with van der Waals surface area (Å²) in [5.74, 6) is 0.898. The van der Waals surface area contributed by atoms with Crippen molar-refractivity contribution in [2.75, 3.05) is 19.1 Å². The summed E-state index contributed by atoms with van der Waals surface area (Å²) in [7, 11) is 3.78. The number of rotatable bonds is 7. The van der Waals surface area contributed by atoms with Crippen molar-refractivity contribution < 1.29 is 4.74 Å². The second kappa shape index (κ2) is 6.45. The first kappa shape index (κ1) is 14.4. The van der Waals surface area contributed by atoms with Gasteiger partial charge in [0.1, 0.15) is 5.75 Å². The minimum Gasteiger partial charge on any atom is -0.497 e. The van der Waals surface area contributed by atoms with Crippen LogP contribution in [0, 0.1) is 0 Å². The molecule has 0 radical (unpaired) electrons. The third-order valence-electron chi connectivity index (χ3n) is 3.57. The van der Waals surface area contributed by atoms with Gasteiger partial charge in [0, 0.05) is 31.6 Å². The lowest BCUT2D eigenvalue weighted by atomic mass is 10.2. The predicted molar refractivity (Wildman–Crippen MR) is 87.1 cm³/mol. The van der Waals surface area contributed by atoms with Gasteiger partial charge in [-0.15, -0.1) is 11.3 Å². The molecule has 0 unspecified atom stereocenters. The first-order chi connectivity index (χ1) is 10.2. The standard InChI is InChI=1S/C16H21N3OS/c1-19(10-12-4-3-5-15(8-12)20-2)16-18-14(11-21-16)9-17-13-6-7-13/h3-5,8,11,13,17H,6-7,9-10H2,1-2H3. The molecule has 0 bridgehead atoms. The Labute approximate surface area is 129 Å². The van der Waals surface area contributed by atoms with Gasteiger partial charge in [0.2, 0.25) is 0 Å². The van der Waals surface area contributed by atoms with Crippen molar-refractivity contribution in [3.8, 4) is 5.75 Å². The van der Waals surface area contributed by atoms with Crippen molar-refractivity contribution in [3.05, 3.63) is 40.9 Å². The zero-order chi connectivity index (χ0) is 14.7. The van der Waals surface area contributed by atoms with E-state index in [9.17, 15) is 0 Å². The van der Waals surface area contributed by atoms with Crippen LogP contribution in [0.1, 0.15) is 24.1 Å². The van der Waals surface area contributed by atoms with E-state index in [0.29, 0.717) is 0 Å². The van der Waals surface area contributed by atoms with Gasteiger partial charge in [0.15, 0.2) is 5.13 Å². The highest BCUT2D eigenvalue weighted by atomic mass is 32.1. The molecule has 21 heavy (non-hydrogen) atoms. The topological polar surface area (TPSA) is 37.4 Å². The third-order valence-corrected chi connectivity index (χ3v) is 4.57. The molecule has 0 spiro atoms. The number of hydrogen-bond donors (Lipinski definition) is 1. The third kappa shape index (κ3) is 3.95. The fourth-order valence-electron chi connectivity index (χ4n) is 2.20. The minimum atomic E-state index is 0.727. The van der Waals surface area contributed by atoms with Gasteiger partial charge in [-0.25, -0.2) is 4.98 Å². The van der Waals surface area contributed by atoms with Gasteiger partial charge < -0.3 is 15.0 Å². The van der Waals surface area contributed by atoms with E-state index in [0.717, 1.165) is 35.7 Å². The SMILES string of the molecule is COc1cccc(CN(C)c2nc(CNC3CC3)cs2)c1. The highest BCUT2D eigenvalue weighted by Crippen LogP contribution is 2.24. The maximum absolute atomic E-state index is 5.27. The maximum Gasteiger partial charge on any atom is 0.185 e. The zero-order valence-corrected chi connectivity index (χ0v) is 13.3. The molecule has 0 atom stereocenters. The number of aromatic nitrogens is 1. The van der Waals surface area contributed by atoms with Gasteiger partial charge in [-0.05, 0) is 30.5 Å². The monoisotopic (exact) mass is 303 g/mol. The summed E-state index contributed by atoms with van der Waals surface area (Å²) in [5, 5.41) is 6.71. The van der Waals surface area contributed by atoms with E-state index in [1.165, 1.54) is 18.4 Å². The molecule has 0 aliphatic heterocycles. The molecule has 112 valence electrons. The fraction of sp³-hybridized carbons (Fsp3) is 0.438. The van der Waals surface area contributed by atoms with Crippen molar-refractivity contribution in [2.45, 2.75) is 32.0 Å². The fourth-order valence-corrected chi connectivity index (χ4v) is 2.99. The van der Waals surface area contributed by atoms with E-state index in [-0.39, 0.29) is 0 Å². The largest absolute Gasteiger partial charge is 0.497 e. The molecule has 1 aromatic heterocycles. The minimum absolute atomic E-state index is 0.727. The normalized spacial score (nSPS) is 14.2. The van der Waals surface area contributed by atoms with Crippen molar-refractivity contribution >= 4 is 16.5 Å². The second-order valence-corrected chi connectivity index (χ2v) is 6.32. The number of methoxy groups -OCH3 is 1.